The predicted molar refractivity (Wildman–Crippen MR) is 258 cm³/mol. The number of carbonyl (C=O) groups excluding carboxylic acids is 3. The zero-order valence-electron chi connectivity index (χ0n) is 35.6. The van der Waals surface area contributed by atoms with Gasteiger partial charge in [-0.3, -0.25) is 14.5 Å². The number of aryl methyl sites for hydroxylation is 1. The van der Waals surface area contributed by atoms with Crippen molar-refractivity contribution in [1.82, 2.24) is 20.2 Å². The number of nitrogens with zero attached hydrogens (tertiary/aromatic N) is 4. The summed E-state index contributed by atoms with van der Waals surface area (Å²) in [5, 5.41) is 14.5. The molecular weight excluding hydrogens is 889 g/mol. The second-order valence-corrected chi connectivity index (χ2v) is 18.0. The van der Waals surface area contributed by atoms with E-state index < -0.39 is 40.8 Å². The average Bonchev–Trinajstić information content (AvgIpc) is 4.02. The van der Waals surface area contributed by atoms with Gasteiger partial charge >= 0.3 is 5.97 Å². The van der Waals surface area contributed by atoms with Crippen LogP contribution in [0.1, 0.15) is 45.3 Å². The van der Waals surface area contributed by atoms with Crippen LogP contribution >= 0.6 is 34.9 Å². The summed E-state index contributed by atoms with van der Waals surface area (Å²) >= 11 is 3.96. The van der Waals surface area contributed by atoms with Gasteiger partial charge in [-0.25, -0.2) is 14.8 Å². The minimum atomic E-state index is -1.00. The van der Waals surface area contributed by atoms with Crippen LogP contribution in [-0.4, -0.2) is 62.6 Å². The Bertz CT molecular complexity index is 2770. The van der Waals surface area contributed by atoms with E-state index in [1.807, 2.05) is 122 Å². The first-order valence-corrected chi connectivity index (χ1v) is 23.7. The summed E-state index contributed by atoms with van der Waals surface area (Å²) in [6.07, 6.45) is 2.56. The molecule has 0 bridgehead atoms. The normalized spacial score (nSPS) is 16.2. The molecule has 0 radical (unpaired) electrons. The van der Waals surface area contributed by atoms with Crippen LogP contribution in [0.5, 0.6) is 0 Å². The predicted octanol–water partition coefficient (Wildman–Crippen LogP) is 9.49. The van der Waals surface area contributed by atoms with Crippen LogP contribution in [0.3, 0.4) is 0 Å². The van der Waals surface area contributed by atoms with Gasteiger partial charge in [0.15, 0.2) is 16.9 Å². The number of thiazole rings is 1. The maximum atomic E-state index is 14.5. The highest BCUT2D eigenvalue weighted by molar-refractivity contribution is 8.02. The SMILES string of the molecule is CON=C(C(=O)NC1C(=O)N2C(C(=O)OC(c3ccccc3)c3ccccc3)=C(C=CSc3nc(C)co3)CSC12)c1csc(NC(c2ccccc2)(c2ccccc2)c2ccccc2)n1. The van der Waals surface area contributed by atoms with Crippen molar-refractivity contribution in [3.8, 4) is 0 Å². The molecule has 12 nitrogen and oxygen atoms in total. The number of rotatable bonds is 16. The monoisotopic (exact) mass is 930 g/mol. The van der Waals surface area contributed by atoms with Gasteiger partial charge in [0.1, 0.15) is 41.7 Å². The molecule has 15 heteroatoms. The van der Waals surface area contributed by atoms with Crippen LogP contribution in [0, 0.1) is 6.92 Å². The van der Waals surface area contributed by atoms with E-state index in [0.29, 0.717) is 21.7 Å². The van der Waals surface area contributed by atoms with Gasteiger partial charge in [0.2, 0.25) is 0 Å². The molecule has 2 amide bonds. The number of esters is 1. The van der Waals surface area contributed by atoms with Gasteiger partial charge < -0.3 is 24.6 Å². The van der Waals surface area contributed by atoms with E-state index >= 15 is 0 Å². The van der Waals surface area contributed by atoms with Crippen molar-refractivity contribution in [2.24, 2.45) is 5.16 Å². The van der Waals surface area contributed by atoms with Gasteiger partial charge in [-0.05, 0) is 63.6 Å². The van der Waals surface area contributed by atoms with Gasteiger partial charge in [-0.15, -0.1) is 23.1 Å². The van der Waals surface area contributed by atoms with Crippen molar-refractivity contribution >= 4 is 63.5 Å². The van der Waals surface area contributed by atoms with Crippen LogP contribution in [0.4, 0.5) is 5.13 Å². The minimum absolute atomic E-state index is 0.0891. The molecule has 2 unspecified atom stereocenters. The number of oxime groups is 1. The Balaban J connectivity index is 0.985. The van der Waals surface area contributed by atoms with Gasteiger partial charge in [0, 0.05) is 11.1 Å². The fourth-order valence-corrected chi connectivity index (χ4v) is 10.7. The van der Waals surface area contributed by atoms with E-state index in [2.05, 4.69) is 57.2 Å². The number of hydrogen-bond acceptors (Lipinski definition) is 13. The van der Waals surface area contributed by atoms with Gasteiger partial charge in [-0.2, -0.15) is 0 Å². The number of ether oxygens (including phenoxy) is 1. The molecule has 9 rings (SSSR count). The van der Waals surface area contributed by atoms with Gasteiger partial charge in [-0.1, -0.05) is 157 Å². The first-order valence-electron chi connectivity index (χ1n) is 20.9. The number of thioether (sulfide) groups is 2. The Morgan fingerprint density at radius 1 is 0.848 bits per heavy atom. The fraction of sp³-hybridized carbons (Fsp3) is 0.137. The van der Waals surface area contributed by atoms with Crippen LogP contribution in [0.15, 0.2) is 201 Å². The lowest BCUT2D eigenvalue weighted by molar-refractivity contribution is -0.154. The van der Waals surface area contributed by atoms with Gasteiger partial charge in [0.05, 0.1) is 5.69 Å². The van der Waals surface area contributed by atoms with Crippen molar-refractivity contribution in [2.45, 2.75) is 35.2 Å². The summed E-state index contributed by atoms with van der Waals surface area (Å²) < 4.78 is 11.8. The molecule has 2 aromatic heterocycles. The maximum Gasteiger partial charge on any atom is 0.356 e. The van der Waals surface area contributed by atoms with E-state index in [4.69, 9.17) is 19.0 Å². The van der Waals surface area contributed by atoms with E-state index in [1.165, 1.54) is 46.9 Å². The second kappa shape index (κ2) is 19.9. The Morgan fingerprint density at radius 2 is 1.41 bits per heavy atom. The number of nitrogens with one attached hydrogen (secondary N) is 2. The molecule has 66 heavy (non-hydrogen) atoms. The Kier molecular flexibility index (Phi) is 13.3. The third kappa shape index (κ3) is 9.05. The number of fused-ring (bicyclic) bond motifs is 1. The number of β-lactam (4-membered cyclic amide) rings is 1. The Morgan fingerprint density at radius 3 is 1.94 bits per heavy atom. The van der Waals surface area contributed by atoms with E-state index in [-0.39, 0.29) is 17.1 Å². The van der Waals surface area contributed by atoms with Crippen LogP contribution in [-0.2, 0) is 29.5 Å². The molecule has 330 valence electrons. The number of allylic oxidation sites excluding steroid dienone is 1. The first-order chi connectivity index (χ1) is 32.3. The highest BCUT2D eigenvalue weighted by Crippen LogP contribution is 2.43. The zero-order valence-corrected chi connectivity index (χ0v) is 38.1. The fourth-order valence-electron chi connectivity index (χ4n) is 7.95. The highest BCUT2D eigenvalue weighted by Gasteiger charge is 2.55. The number of anilines is 1. The third-order valence-corrected chi connectivity index (χ3v) is 13.7. The summed E-state index contributed by atoms with van der Waals surface area (Å²) in [5.74, 6) is -1.51. The molecule has 2 aliphatic rings. The molecule has 1 fully saturated rings. The first kappa shape index (κ1) is 44.0. The number of oxazole rings is 1. The lowest BCUT2D eigenvalue weighted by Crippen LogP contribution is -2.71. The van der Waals surface area contributed by atoms with Crippen molar-refractivity contribution in [3.05, 3.63) is 225 Å². The number of carbonyl (C=O) groups is 3. The molecule has 2 atom stereocenters. The molecule has 2 aliphatic heterocycles. The van der Waals surface area contributed by atoms with Crippen LogP contribution in [0.25, 0.3) is 0 Å². The lowest BCUT2D eigenvalue weighted by Gasteiger charge is -2.49. The molecule has 0 saturated carbocycles. The standard InChI is InChI=1S/C51H42N6O6S3/c1-33-30-62-50(52-33)64-29-28-36-31-65-47-42(46(59)57(47)43(36)48(60)63-44(34-18-8-3-9-19-34)35-20-10-4-11-21-35)54-45(58)41(56-61-2)40-32-66-49(53-40)55-51(37-22-12-5-13-23-37,38-24-14-6-15-25-38)39-26-16-7-17-27-39/h3-30,32,42,44,47H,31H2,1-2H3,(H,53,55)(H,54,58). The molecule has 0 spiro atoms. The van der Waals surface area contributed by atoms with E-state index in [1.54, 1.807) is 23.1 Å². The van der Waals surface area contributed by atoms with Crippen molar-refractivity contribution < 1.29 is 28.4 Å². The summed E-state index contributed by atoms with van der Waals surface area (Å²) in [6, 6.07) is 48.2. The van der Waals surface area contributed by atoms with E-state index in [0.717, 1.165) is 33.5 Å². The van der Waals surface area contributed by atoms with Crippen molar-refractivity contribution in [1.29, 1.82) is 0 Å². The molecule has 0 aliphatic carbocycles. The number of benzene rings is 5. The summed E-state index contributed by atoms with van der Waals surface area (Å²) in [7, 11) is 1.34. The summed E-state index contributed by atoms with van der Waals surface area (Å²) in [6.45, 7) is 1.83. The number of hydrogen-bond donors (Lipinski definition) is 2. The highest BCUT2D eigenvalue weighted by atomic mass is 32.2. The average molecular weight is 931 g/mol. The zero-order chi connectivity index (χ0) is 45.5. The molecule has 2 N–H and O–H groups in total. The molecule has 1 saturated heterocycles. The third-order valence-electron chi connectivity index (χ3n) is 11.0. The van der Waals surface area contributed by atoms with Crippen molar-refractivity contribution in [3.63, 3.8) is 0 Å². The molecule has 5 aromatic carbocycles. The van der Waals surface area contributed by atoms with E-state index in [9.17, 15) is 14.4 Å². The Labute approximate surface area is 393 Å². The molecule has 7 aromatic rings. The maximum absolute atomic E-state index is 14.5. The quantitative estimate of drug-likeness (QED) is 0.0239. The number of amides is 2. The minimum Gasteiger partial charge on any atom is -0.448 e. The topological polar surface area (TPSA) is 148 Å². The van der Waals surface area contributed by atoms with Crippen molar-refractivity contribution in [2.75, 3.05) is 18.2 Å². The summed E-state index contributed by atoms with van der Waals surface area (Å²) in [4.78, 5) is 58.9. The summed E-state index contributed by atoms with van der Waals surface area (Å²) in [5.41, 5.74) is 5.13. The lowest BCUT2D eigenvalue weighted by atomic mass is 9.77. The molecular formula is C51H42N6O6S3. The van der Waals surface area contributed by atoms with Crippen LogP contribution < -0.4 is 10.6 Å². The number of aromatic nitrogens is 2. The molecule has 4 heterocycles. The smallest absolute Gasteiger partial charge is 0.356 e. The second-order valence-electron chi connectivity index (χ2n) is 15.2. The largest absolute Gasteiger partial charge is 0.448 e. The Hall–Kier alpha value is -7.20. The van der Waals surface area contributed by atoms with Crippen LogP contribution in [0.2, 0.25) is 0 Å². The van der Waals surface area contributed by atoms with Gasteiger partial charge in [0.25, 0.3) is 17.0 Å².